The van der Waals surface area contributed by atoms with E-state index in [0.29, 0.717) is 17.9 Å². The van der Waals surface area contributed by atoms with Gasteiger partial charge in [0.1, 0.15) is 5.75 Å². The summed E-state index contributed by atoms with van der Waals surface area (Å²) in [6.07, 6.45) is 2.91. The fraction of sp³-hybridized carbons (Fsp3) is 0.364. The summed E-state index contributed by atoms with van der Waals surface area (Å²) in [6.45, 7) is 2.76. The van der Waals surface area contributed by atoms with Crippen molar-refractivity contribution >= 4 is 22.2 Å². The van der Waals surface area contributed by atoms with Crippen molar-refractivity contribution in [3.63, 3.8) is 0 Å². The molecule has 0 spiro atoms. The average Bonchev–Trinajstić information content (AvgIpc) is 2.19. The lowest BCUT2D eigenvalue weighted by atomic mass is 10.2. The monoisotopic (exact) mass is 256 g/mol. The maximum atomic E-state index is 10.7. The molecule has 0 aliphatic heterocycles. The van der Waals surface area contributed by atoms with Crippen molar-refractivity contribution in [3.05, 3.63) is 28.2 Å². The van der Waals surface area contributed by atoms with Crippen LogP contribution in [0.4, 0.5) is 0 Å². The van der Waals surface area contributed by atoms with E-state index in [-0.39, 0.29) is 0 Å². The molecule has 0 fully saturated rings. The minimum Gasteiger partial charge on any atom is -0.493 e. The average molecular weight is 257 g/mol. The van der Waals surface area contributed by atoms with E-state index in [1.54, 1.807) is 6.07 Å². The molecule has 76 valence electrons. The SMILES string of the molecule is CCCCOc1cc(Br)ccc1C=O. The van der Waals surface area contributed by atoms with Gasteiger partial charge in [0.25, 0.3) is 0 Å². The first kappa shape index (κ1) is 11.2. The number of ether oxygens (including phenoxy) is 1. The summed E-state index contributed by atoms with van der Waals surface area (Å²) in [6, 6.07) is 5.40. The minimum atomic E-state index is 0.601. The van der Waals surface area contributed by atoms with Gasteiger partial charge in [-0.25, -0.2) is 0 Å². The molecule has 1 aromatic rings. The van der Waals surface area contributed by atoms with Crippen LogP contribution < -0.4 is 4.74 Å². The van der Waals surface area contributed by atoms with Gasteiger partial charge >= 0.3 is 0 Å². The number of carbonyl (C=O) groups is 1. The van der Waals surface area contributed by atoms with E-state index in [4.69, 9.17) is 4.74 Å². The molecule has 0 saturated carbocycles. The Morgan fingerprint density at radius 3 is 2.93 bits per heavy atom. The lowest BCUT2D eigenvalue weighted by Gasteiger charge is -2.07. The fourth-order valence-electron chi connectivity index (χ4n) is 1.06. The van der Waals surface area contributed by atoms with Crippen molar-refractivity contribution in [1.82, 2.24) is 0 Å². The van der Waals surface area contributed by atoms with Gasteiger partial charge in [-0.05, 0) is 24.6 Å². The fourth-order valence-corrected chi connectivity index (χ4v) is 1.40. The maximum absolute atomic E-state index is 10.7. The van der Waals surface area contributed by atoms with E-state index in [1.165, 1.54) is 0 Å². The summed E-state index contributed by atoms with van der Waals surface area (Å²) in [4.78, 5) is 10.7. The van der Waals surface area contributed by atoms with Crippen LogP contribution in [0.25, 0.3) is 0 Å². The van der Waals surface area contributed by atoms with Gasteiger partial charge in [-0.15, -0.1) is 0 Å². The third-order valence-electron chi connectivity index (χ3n) is 1.86. The van der Waals surface area contributed by atoms with Gasteiger partial charge < -0.3 is 4.74 Å². The number of benzene rings is 1. The molecule has 0 heterocycles. The summed E-state index contributed by atoms with van der Waals surface area (Å²) >= 11 is 3.34. The van der Waals surface area contributed by atoms with Crippen molar-refractivity contribution in [2.75, 3.05) is 6.61 Å². The number of hydrogen-bond acceptors (Lipinski definition) is 2. The van der Waals surface area contributed by atoms with Crippen molar-refractivity contribution in [2.45, 2.75) is 19.8 Å². The molecule has 0 N–H and O–H groups in total. The third-order valence-corrected chi connectivity index (χ3v) is 2.35. The second-order valence-electron chi connectivity index (χ2n) is 3.00. The zero-order chi connectivity index (χ0) is 10.4. The van der Waals surface area contributed by atoms with E-state index < -0.39 is 0 Å². The Hall–Kier alpha value is -0.830. The van der Waals surface area contributed by atoms with Gasteiger partial charge in [-0.3, -0.25) is 4.79 Å². The van der Waals surface area contributed by atoms with Gasteiger partial charge in [0, 0.05) is 4.47 Å². The summed E-state index contributed by atoms with van der Waals surface area (Å²) in [5.41, 5.74) is 0.601. The summed E-state index contributed by atoms with van der Waals surface area (Å²) < 4.78 is 6.41. The van der Waals surface area contributed by atoms with E-state index in [1.807, 2.05) is 12.1 Å². The normalized spacial score (nSPS) is 9.86. The van der Waals surface area contributed by atoms with Gasteiger partial charge in [0.15, 0.2) is 6.29 Å². The molecule has 0 saturated heterocycles. The summed E-state index contributed by atoms with van der Waals surface area (Å²) in [5, 5.41) is 0. The Balaban J connectivity index is 2.72. The first-order valence-corrected chi connectivity index (χ1v) is 5.44. The molecule has 0 bridgehead atoms. The molecule has 0 radical (unpaired) electrons. The Morgan fingerprint density at radius 2 is 2.29 bits per heavy atom. The highest BCUT2D eigenvalue weighted by atomic mass is 79.9. The van der Waals surface area contributed by atoms with Crippen LogP contribution in [0.1, 0.15) is 30.1 Å². The summed E-state index contributed by atoms with van der Waals surface area (Å²) in [5.74, 6) is 0.655. The van der Waals surface area contributed by atoms with Crippen molar-refractivity contribution in [3.8, 4) is 5.75 Å². The molecule has 0 aliphatic carbocycles. The van der Waals surface area contributed by atoms with Gasteiger partial charge in [-0.1, -0.05) is 29.3 Å². The largest absolute Gasteiger partial charge is 0.493 e. The van der Waals surface area contributed by atoms with Gasteiger partial charge in [0.05, 0.1) is 12.2 Å². The number of rotatable bonds is 5. The highest BCUT2D eigenvalue weighted by Gasteiger charge is 2.02. The molecule has 1 aromatic carbocycles. The predicted molar refractivity (Wildman–Crippen MR) is 59.9 cm³/mol. The van der Waals surface area contributed by atoms with Crippen LogP contribution in [-0.2, 0) is 0 Å². The second-order valence-corrected chi connectivity index (χ2v) is 3.92. The smallest absolute Gasteiger partial charge is 0.153 e. The molecule has 3 heteroatoms. The van der Waals surface area contributed by atoms with Crippen LogP contribution in [0.15, 0.2) is 22.7 Å². The Labute approximate surface area is 92.4 Å². The molecule has 0 aliphatic rings. The molecule has 0 aromatic heterocycles. The van der Waals surface area contributed by atoms with Crippen LogP contribution >= 0.6 is 15.9 Å². The zero-order valence-electron chi connectivity index (χ0n) is 8.13. The van der Waals surface area contributed by atoms with Crippen molar-refractivity contribution < 1.29 is 9.53 Å². The lowest BCUT2D eigenvalue weighted by Crippen LogP contribution is -1.99. The molecule has 0 atom stereocenters. The van der Waals surface area contributed by atoms with E-state index in [2.05, 4.69) is 22.9 Å². The quantitative estimate of drug-likeness (QED) is 0.596. The summed E-state index contributed by atoms with van der Waals surface area (Å²) in [7, 11) is 0. The third kappa shape index (κ3) is 3.14. The Bertz CT molecular complexity index is 310. The molecule has 14 heavy (non-hydrogen) atoms. The topological polar surface area (TPSA) is 26.3 Å². The van der Waals surface area contributed by atoms with Crippen LogP contribution in [0.3, 0.4) is 0 Å². The number of halogens is 1. The second kappa shape index (κ2) is 5.81. The minimum absolute atomic E-state index is 0.601. The first-order valence-electron chi connectivity index (χ1n) is 4.65. The number of hydrogen-bond donors (Lipinski definition) is 0. The van der Waals surface area contributed by atoms with Gasteiger partial charge in [-0.2, -0.15) is 0 Å². The van der Waals surface area contributed by atoms with Crippen LogP contribution in [0, 0.1) is 0 Å². The van der Waals surface area contributed by atoms with E-state index in [9.17, 15) is 4.79 Å². The van der Waals surface area contributed by atoms with E-state index in [0.717, 1.165) is 23.6 Å². The molecule has 0 unspecified atom stereocenters. The first-order chi connectivity index (χ1) is 6.77. The number of unbranched alkanes of at least 4 members (excludes halogenated alkanes) is 1. The molecular weight excluding hydrogens is 244 g/mol. The molecule has 2 nitrogen and oxygen atoms in total. The zero-order valence-corrected chi connectivity index (χ0v) is 9.71. The van der Waals surface area contributed by atoms with Crippen LogP contribution in [-0.4, -0.2) is 12.9 Å². The molecular formula is C11H13BrO2. The highest BCUT2D eigenvalue weighted by Crippen LogP contribution is 2.22. The Kier molecular flexibility index (Phi) is 4.66. The van der Waals surface area contributed by atoms with Crippen LogP contribution in [0.2, 0.25) is 0 Å². The lowest BCUT2D eigenvalue weighted by molar-refractivity contribution is 0.111. The predicted octanol–water partition coefficient (Wildman–Crippen LogP) is 3.44. The number of carbonyl (C=O) groups excluding carboxylic acids is 1. The molecule has 1 rings (SSSR count). The molecule has 0 amide bonds. The van der Waals surface area contributed by atoms with Crippen molar-refractivity contribution in [1.29, 1.82) is 0 Å². The standard InChI is InChI=1S/C11H13BrO2/c1-2-3-6-14-11-7-10(12)5-4-9(11)8-13/h4-5,7-8H,2-3,6H2,1H3. The van der Waals surface area contributed by atoms with Gasteiger partial charge in [0.2, 0.25) is 0 Å². The van der Waals surface area contributed by atoms with Crippen LogP contribution in [0.5, 0.6) is 5.75 Å². The maximum Gasteiger partial charge on any atom is 0.153 e. The number of aldehydes is 1. The Morgan fingerprint density at radius 1 is 1.50 bits per heavy atom. The highest BCUT2D eigenvalue weighted by molar-refractivity contribution is 9.10. The van der Waals surface area contributed by atoms with E-state index >= 15 is 0 Å². The van der Waals surface area contributed by atoms with Crippen molar-refractivity contribution in [2.24, 2.45) is 0 Å².